The molecule has 0 aromatic carbocycles. The Balaban J connectivity index is 2.84. The van der Waals surface area contributed by atoms with Gasteiger partial charge in [0.2, 0.25) is 0 Å². The van der Waals surface area contributed by atoms with Crippen molar-refractivity contribution < 1.29 is 4.79 Å². The molecule has 2 nitrogen and oxygen atoms in total. The van der Waals surface area contributed by atoms with E-state index in [1.807, 2.05) is 6.92 Å². The van der Waals surface area contributed by atoms with Crippen LogP contribution in [0.2, 0.25) is 0 Å². The summed E-state index contributed by atoms with van der Waals surface area (Å²) in [6.07, 6.45) is 6.81. The monoisotopic (exact) mass is 165 g/mol. The zero-order chi connectivity index (χ0) is 8.97. The lowest BCUT2D eigenvalue weighted by Crippen LogP contribution is -2.08. The molecule has 0 spiro atoms. The second-order valence-corrected chi connectivity index (χ2v) is 3.20. The first-order valence-corrected chi connectivity index (χ1v) is 4.35. The number of allylic oxidation sites excluding steroid dienone is 4. The zero-order valence-electron chi connectivity index (χ0n) is 7.47. The molecule has 2 heteroatoms. The fraction of sp³-hybridized carbons (Fsp3) is 0.500. The summed E-state index contributed by atoms with van der Waals surface area (Å²) in [7, 11) is 0. The summed E-state index contributed by atoms with van der Waals surface area (Å²) in [6.45, 7) is 1.95. The van der Waals surface area contributed by atoms with Gasteiger partial charge in [-0.15, -0.1) is 0 Å². The van der Waals surface area contributed by atoms with Crippen molar-refractivity contribution in [3.8, 4) is 0 Å². The standard InChI is InChI=1S/C10H15NO/c1-8(6-7-12)9-4-2-3-5-10(9)11/h6-7H,2-5,11H2,1H3/b8-6-. The van der Waals surface area contributed by atoms with Crippen molar-refractivity contribution in [1.82, 2.24) is 0 Å². The highest BCUT2D eigenvalue weighted by molar-refractivity contribution is 5.68. The van der Waals surface area contributed by atoms with E-state index in [0.29, 0.717) is 0 Å². The van der Waals surface area contributed by atoms with Crippen LogP contribution in [0.1, 0.15) is 32.6 Å². The summed E-state index contributed by atoms with van der Waals surface area (Å²) in [6, 6.07) is 0. The van der Waals surface area contributed by atoms with Crippen LogP contribution in [0, 0.1) is 0 Å². The first-order valence-electron chi connectivity index (χ1n) is 4.35. The Morgan fingerprint density at radius 3 is 2.67 bits per heavy atom. The van der Waals surface area contributed by atoms with Gasteiger partial charge in [0.25, 0.3) is 0 Å². The highest BCUT2D eigenvalue weighted by Gasteiger charge is 2.10. The Bertz CT molecular complexity index is 233. The molecule has 12 heavy (non-hydrogen) atoms. The molecule has 0 atom stereocenters. The minimum atomic E-state index is 0.824. The smallest absolute Gasteiger partial charge is 0.143 e. The van der Waals surface area contributed by atoms with Crippen molar-refractivity contribution in [2.24, 2.45) is 5.73 Å². The van der Waals surface area contributed by atoms with Gasteiger partial charge in [-0.05, 0) is 49.8 Å². The lowest BCUT2D eigenvalue weighted by molar-refractivity contribution is -0.104. The minimum Gasteiger partial charge on any atom is -0.402 e. The highest BCUT2D eigenvalue weighted by atomic mass is 16.1. The molecular formula is C10H15NO. The van der Waals surface area contributed by atoms with Crippen LogP contribution in [0.15, 0.2) is 22.9 Å². The molecule has 2 N–H and O–H groups in total. The van der Waals surface area contributed by atoms with Gasteiger partial charge in [0.1, 0.15) is 6.29 Å². The summed E-state index contributed by atoms with van der Waals surface area (Å²) >= 11 is 0. The molecule has 0 amide bonds. The SMILES string of the molecule is C/C(=C/C=O)C1=C(N)CCCC1. The Morgan fingerprint density at radius 2 is 2.08 bits per heavy atom. The van der Waals surface area contributed by atoms with Gasteiger partial charge in [0.05, 0.1) is 0 Å². The molecule has 0 aromatic rings. The predicted octanol–water partition coefficient (Wildman–Crippen LogP) is 1.92. The first kappa shape index (κ1) is 9.04. The van der Waals surface area contributed by atoms with Gasteiger partial charge < -0.3 is 5.73 Å². The van der Waals surface area contributed by atoms with Crippen LogP contribution in [-0.2, 0) is 4.79 Å². The molecular weight excluding hydrogens is 150 g/mol. The highest BCUT2D eigenvalue weighted by Crippen LogP contribution is 2.26. The van der Waals surface area contributed by atoms with E-state index in [-0.39, 0.29) is 0 Å². The second kappa shape index (κ2) is 4.10. The van der Waals surface area contributed by atoms with Crippen molar-refractivity contribution in [3.63, 3.8) is 0 Å². The quantitative estimate of drug-likeness (QED) is 0.501. The van der Waals surface area contributed by atoms with E-state index in [4.69, 9.17) is 5.73 Å². The average molecular weight is 165 g/mol. The van der Waals surface area contributed by atoms with E-state index in [1.54, 1.807) is 6.08 Å². The van der Waals surface area contributed by atoms with Crippen LogP contribution in [0.5, 0.6) is 0 Å². The number of rotatable bonds is 2. The maximum absolute atomic E-state index is 10.2. The third-order valence-corrected chi connectivity index (χ3v) is 2.30. The largest absolute Gasteiger partial charge is 0.402 e. The van der Waals surface area contributed by atoms with Gasteiger partial charge in [0, 0.05) is 5.70 Å². The van der Waals surface area contributed by atoms with Crippen LogP contribution in [0.25, 0.3) is 0 Å². The number of hydrogen-bond donors (Lipinski definition) is 1. The van der Waals surface area contributed by atoms with Crippen molar-refractivity contribution in [2.45, 2.75) is 32.6 Å². The molecule has 1 aliphatic rings. The van der Waals surface area contributed by atoms with Crippen molar-refractivity contribution in [3.05, 3.63) is 22.9 Å². The summed E-state index contributed by atoms with van der Waals surface area (Å²) in [5.41, 5.74) is 9.02. The molecule has 66 valence electrons. The topological polar surface area (TPSA) is 43.1 Å². The number of hydrogen-bond acceptors (Lipinski definition) is 2. The Morgan fingerprint density at radius 1 is 1.42 bits per heavy atom. The molecule has 1 rings (SSSR count). The molecule has 0 aromatic heterocycles. The number of aldehydes is 1. The van der Waals surface area contributed by atoms with Crippen LogP contribution in [0.3, 0.4) is 0 Å². The Kier molecular flexibility index (Phi) is 3.09. The molecule has 0 radical (unpaired) electrons. The summed E-state index contributed by atoms with van der Waals surface area (Å²) in [5, 5.41) is 0. The normalized spacial score (nSPS) is 19.6. The maximum atomic E-state index is 10.2. The van der Waals surface area contributed by atoms with E-state index < -0.39 is 0 Å². The molecule has 0 heterocycles. The molecule has 1 aliphatic carbocycles. The van der Waals surface area contributed by atoms with Gasteiger partial charge in [-0.2, -0.15) is 0 Å². The third-order valence-electron chi connectivity index (χ3n) is 2.30. The fourth-order valence-electron chi connectivity index (χ4n) is 1.58. The van der Waals surface area contributed by atoms with Crippen LogP contribution < -0.4 is 5.73 Å². The summed E-state index contributed by atoms with van der Waals surface area (Å²) < 4.78 is 0. The van der Waals surface area contributed by atoms with E-state index in [1.165, 1.54) is 18.4 Å². The third kappa shape index (κ3) is 1.97. The molecule has 0 bridgehead atoms. The van der Waals surface area contributed by atoms with Crippen LogP contribution in [-0.4, -0.2) is 6.29 Å². The van der Waals surface area contributed by atoms with Gasteiger partial charge in [-0.25, -0.2) is 0 Å². The van der Waals surface area contributed by atoms with Crippen molar-refractivity contribution in [2.75, 3.05) is 0 Å². The lowest BCUT2D eigenvalue weighted by Gasteiger charge is -2.17. The van der Waals surface area contributed by atoms with Gasteiger partial charge in [-0.3, -0.25) is 4.79 Å². The van der Waals surface area contributed by atoms with Crippen molar-refractivity contribution >= 4 is 6.29 Å². The fourth-order valence-corrected chi connectivity index (χ4v) is 1.58. The minimum absolute atomic E-state index is 0.824. The average Bonchev–Trinajstić information content (AvgIpc) is 2.05. The van der Waals surface area contributed by atoms with E-state index in [9.17, 15) is 4.79 Å². The first-order chi connectivity index (χ1) is 5.75. The lowest BCUT2D eigenvalue weighted by atomic mass is 9.92. The van der Waals surface area contributed by atoms with Crippen LogP contribution >= 0.6 is 0 Å². The molecule has 0 saturated heterocycles. The summed E-state index contributed by atoms with van der Waals surface area (Å²) in [4.78, 5) is 10.2. The van der Waals surface area contributed by atoms with E-state index in [2.05, 4.69) is 0 Å². The zero-order valence-corrected chi connectivity index (χ0v) is 7.47. The molecule has 0 fully saturated rings. The van der Waals surface area contributed by atoms with Gasteiger partial charge >= 0.3 is 0 Å². The van der Waals surface area contributed by atoms with Crippen LogP contribution in [0.4, 0.5) is 0 Å². The number of carbonyl (C=O) groups is 1. The number of carbonyl (C=O) groups excluding carboxylic acids is 1. The summed E-state index contributed by atoms with van der Waals surface area (Å²) in [5.74, 6) is 0. The van der Waals surface area contributed by atoms with E-state index in [0.717, 1.165) is 30.4 Å². The molecule has 0 aliphatic heterocycles. The van der Waals surface area contributed by atoms with Crippen molar-refractivity contribution in [1.29, 1.82) is 0 Å². The second-order valence-electron chi connectivity index (χ2n) is 3.20. The van der Waals surface area contributed by atoms with E-state index >= 15 is 0 Å². The predicted molar refractivity (Wildman–Crippen MR) is 49.5 cm³/mol. The maximum Gasteiger partial charge on any atom is 0.143 e. The Hall–Kier alpha value is -1.05. The molecule has 0 unspecified atom stereocenters. The number of nitrogens with two attached hydrogens (primary N) is 1. The molecule has 0 saturated carbocycles. The van der Waals surface area contributed by atoms with Gasteiger partial charge in [0.15, 0.2) is 0 Å². The Labute approximate surface area is 73.1 Å². The van der Waals surface area contributed by atoms with Gasteiger partial charge in [-0.1, -0.05) is 0 Å².